The minimum atomic E-state index is -0.603. The Hall–Kier alpha value is -1.49. The fourth-order valence-electron chi connectivity index (χ4n) is 1.13. The Balaban J connectivity index is 2.44. The third-order valence-electron chi connectivity index (χ3n) is 1.93. The summed E-state index contributed by atoms with van der Waals surface area (Å²) in [6.45, 7) is 1.11. The van der Waals surface area contributed by atoms with Crippen molar-refractivity contribution in [2.45, 2.75) is 12.8 Å². The second-order valence-electron chi connectivity index (χ2n) is 3.11. The molecule has 0 aliphatic heterocycles. The first-order valence-electron chi connectivity index (χ1n) is 4.83. The lowest BCUT2D eigenvalue weighted by molar-refractivity contribution is 0.0949. The maximum atomic E-state index is 13.1. The lowest BCUT2D eigenvalue weighted by Crippen LogP contribution is -2.25. The summed E-state index contributed by atoms with van der Waals surface area (Å²) in [6.07, 6.45) is 4.06. The molecule has 1 rings (SSSR count). The monoisotopic (exact) mass is 211 g/mol. The highest BCUT2D eigenvalue weighted by Gasteiger charge is 2.09. The summed E-state index contributed by atoms with van der Waals surface area (Å²) in [5.41, 5.74) is 5.33. The molecule has 0 unspecified atom stereocenters. The molecule has 1 aromatic heterocycles. The van der Waals surface area contributed by atoms with Crippen molar-refractivity contribution in [1.29, 1.82) is 0 Å². The average molecular weight is 211 g/mol. The first kappa shape index (κ1) is 11.6. The van der Waals surface area contributed by atoms with Crippen LogP contribution in [0.15, 0.2) is 18.5 Å². The standard InChI is InChI=1S/C10H14FN3O/c11-9-7-13-6-3-8(9)10(15)14-5-2-1-4-12/h3,6-7H,1-2,4-5,12H2,(H,14,15). The zero-order valence-electron chi connectivity index (χ0n) is 8.37. The van der Waals surface area contributed by atoms with Gasteiger partial charge in [0.2, 0.25) is 0 Å². The van der Waals surface area contributed by atoms with Crippen LogP contribution in [0.25, 0.3) is 0 Å². The summed E-state index contributed by atoms with van der Waals surface area (Å²) in [6, 6.07) is 1.35. The van der Waals surface area contributed by atoms with Gasteiger partial charge >= 0.3 is 0 Å². The summed E-state index contributed by atoms with van der Waals surface area (Å²) in [5, 5.41) is 2.61. The molecule has 1 amide bonds. The van der Waals surface area contributed by atoms with Crippen LogP contribution in [0.5, 0.6) is 0 Å². The SMILES string of the molecule is NCCCCNC(=O)c1ccncc1F. The molecule has 3 N–H and O–H groups in total. The van der Waals surface area contributed by atoms with E-state index in [0.717, 1.165) is 19.0 Å². The molecule has 0 aliphatic rings. The summed E-state index contributed by atoms with van der Waals surface area (Å²) in [7, 11) is 0. The number of rotatable bonds is 5. The molecule has 5 heteroatoms. The Bertz CT molecular complexity index is 330. The summed E-state index contributed by atoms with van der Waals surface area (Å²) < 4.78 is 13.1. The number of nitrogens with one attached hydrogen (secondary N) is 1. The summed E-state index contributed by atoms with van der Waals surface area (Å²) in [4.78, 5) is 15.0. The number of hydrogen-bond donors (Lipinski definition) is 2. The Morgan fingerprint density at radius 3 is 3.00 bits per heavy atom. The van der Waals surface area contributed by atoms with E-state index in [1.54, 1.807) is 0 Å². The molecule has 0 bridgehead atoms. The average Bonchev–Trinajstić information content (AvgIpc) is 2.25. The van der Waals surface area contributed by atoms with Crippen molar-refractivity contribution in [2.75, 3.05) is 13.1 Å². The maximum absolute atomic E-state index is 13.1. The summed E-state index contributed by atoms with van der Waals surface area (Å²) >= 11 is 0. The van der Waals surface area contributed by atoms with E-state index in [1.165, 1.54) is 12.3 Å². The van der Waals surface area contributed by atoms with E-state index in [4.69, 9.17) is 5.73 Å². The molecule has 0 radical (unpaired) electrons. The van der Waals surface area contributed by atoms with Crippen LogP contribution in [0.2, 0.25) is 0 Å². The van der Waals surface area contributed by atoms with Crippen LogP contribution in [0.1, 0.15) is 23.2 Å². The van der Waals surface area contributed by atoms with Crippen LogP contribution in [-0.4, -0.2) is 24.0 Å². The highest BCUT2D eigenvalue weighted by atomic mass is 19.1. The molecule has 0 saturated carbocycles. The molecule has 0 fully saturated rings. The molecule has 0 aliphatic carbocycles. The Labute approximate surface area is 87.7 Å². The third-order valence-corrected chi connectivity index (χ3v) is 1.93. The number of halogens is 1. The topological polar surface area (TPSA) is 68.0 Å². The zero-order chi connectivity index (χ0) is 11.1. The second kappa shape index (κ2) is 6.08. The molecule has 1 aromatic rings. The van der Waals surface area contributed by atoms with E-state index in [0.29, 0.717) is 13.1 Å². The first-order valence-corrected chi connectivity index (χ1v) is 4.83. The van der Waals surface area contributed by atoms with E-state index >= 15 is 0 Å². The van der Waals surface area contributed by atoms with Crippen molar-refractivity contribution >= 4 is 5.91 Å². The fourth-order valence-corrected chi connectivity index (χ4v) is 1.13. The molecule has 0 saturated heterocycles. The molecule has 1 heterocycles. The minimum Gasteiger partial charge on any atom is -0.352 e. The van der Waals surface area contributed by atoms with Gasteiger partial charge in [0.1, 0.15) is 0 Å². The van der Waals surface area contributed by atoms with Gasteiger partial charge in [0.25, 0.3) is 5.91 Å². The van der Waals surface area contributed by atoms with Crippen molar-refractivity contribution in [3.8, 4) is 0 Å². The van der Waals surface area contributed by atoms with E-state index in [1.807, 2.05) is 0 Å². The quantitative estimate of drug-likeness (QED) is 0.704. The first-order chi connectivity index (χ1) is 7.25. The molecule has 4 nitrogen and oxygen atoms in total. The molecule has 0 atom stereocenters. The normalized spacial score (nSPS) is 10.0. The van der Waals surface area contributed by atoms with Gasteiger partial charge in [-0.3, -0.25) is 9.78 Å². The van der Waals surface area contributed by atoms with Gasteiger partial charge in [-0.15, -0.1) is 0 Å². The van der Waals surface area contributed by atoms with Crippen LogP contribution >= 0.6 is 0 Å². The van der Waals surface area contributed by atoms with Crippen LogP contribution in [0.4, 0.5) is 4.39 Å². The van der Waals surface area contributed by atoms with Crippen LogP contribution in [0, 0.1) is 5.82 Å². The highest BCUT2D eigenvalue weighted by Crippen LogP contribution is 2.03. The highest BCUT2D eigenvalue weighted by molar-refractivity contribution is 5.94. The van der Waals surface area contributed by atoms with E-state index in [-0.39, 0.29) is 5.56 Å². The number of carbonyl (C=O) groups excluding carboxylic acids is 1. The molecular formula is C10H14FN3O. The third kappa shape index (κ3) is 3.63. The molecule has 0 aromatic carbocycles. The van der Waals surface area contributed by atoms with Gasteiger partial charge in [0.15, 0.2) is 5.82 Å². The number of pyridine rings is 1. The van der Waals surface area contributed by atoms with Gasteiger partial charge < -0.3 is 11.1 Å². The van der Waals surface area contributed by atoms with Crippen molar-refractivity contribution < 1.29 is 9.18 Å². The number of aromatic nitrogens is 1. The van der Waals surface area contributed by atoms with Gasteiger partial charge in [-0.25, -0.2) is 4.39 Å². The predicted molar refractivity (Wildman–Crippen MR) is 54.8 cm³/mol. The lowest BCUT2D eigenvalue weighted by atomic mass is 10.2. The molecular weight excluding hydrogens is 197 g/mol. The molecule has 0 spiro atoms. The van der Waals surface area contributed by atoms with Crippen LogP contribution in [0.3, 0.4) is 0 Å². The smallest absolute Gasteiger partial charge is 0.254 e. The minimum absolute atomic E-state index is 0.0257. The number of unbranched alkanes of at least 4 members (excludes halogenated alkanes) is 1. The van der Waals surface area contributed by atoms with Crippen molar-refractivity contribution in [2.24, 2.45) is 5.73 Å². The molecule has 82 valence electrons. The van der Waals surface area contributed by atoms with Gasteiger partial charge in [0, 0.05) is 12.7 Å². The Morgan fingerprint density at radius 1 is 1.53 bits per heavy atom. The number of nitrogens with zero attached hydrogens (tertiary/aromatic N) is 1. The van der Waals surface area contributed by atoms with Crippen molar-refractivity contribution in [1.82, 2.24) is 10.3 Å². The number of nitrogens with two attached hydrogens (primary N) is 1. The van der Waals surface area contributed by atoms with Crippen molar-refractivity contribution in [3.63, 3.8) is 0 Å². The van der Waals surface area contributed by atoms with Gasteiger partial charge in [-0.05, 0) is 25.5 Å². The van der Waals surface area contributed by atoms with Gasteiger partial charge in [0.05, 0.1) is 11.8 Å². The van der Waals surface area contributed by atoms with E-state index in [9.17, 15) is 9.18 Å². The molecule has 15 heavy (non-hydrogen) atoms. The number of hydrogen-bond acceptors (Lipinski definition) is 3. The fraction of sp³-hybridized carbons (Fsp3) is 0.400. The second-order valence-corrected chi connectivity index (χ2v) is 3.11. The van der Waals surface area contributed by atoms with Crippen LogP contribution < -0.4 is 11.1 Å². The Morgan fingerprint density at radius 2 is 2.33 bits per heavy atom. The van der Waals surface area contributed by atoms with Gasteiger partial charge in [-0.1, -0.05) is 0 Å². The van der Waals surface area contributed by atoms with Crippen LogP contribution in [-0.2, 0) is 0 Å². The Kier molecular flexibility index (Phi) is 4.70. The zero-order valence-corrected chi connectivity index (χ0v) is 8.37. The lowest BCUT2D eigenvalue weighted by Gasteiger charge is -2.04. The maximum Gasteiger partial charge on any atom is 0.254 e. The predicted octanol–water partition coefficient (Wildman–Crippen LogP) is 0.689. The summed E-state index contributed by atoms with van der Waals surface area (Å²) in [5.74, 6) is -1.01. The number of carbonyl (C=O) groups is 1. The van der Waals surface area contributed by atoms with Gasteiger partial charge in [-0.2, -0.15) is 0 Å². The van der Waals surface area contributed by atoms with Crippen molar-refractivity contribution in [3.05, 3.63) is 29.8 Å². The number of amides is 1. The van der Waals surface area contributed by atoms with E-state index < -0.39 is 11.7 Å². The largest absolute Gasteiger partial charge is 0.352 e. The van der Waals surface area contributed by atoms with E-state index in [2.05, 4.69) is 10.3 Å².